The van der Waals surface area contributed by atoms with Gasteiger partial charge in [0.2, 0.25) is 0 Å². The molecule has 0 aliphatic heterocycles. The van der Waals surface area contributed by atoms with E-state index in [1.807, 2.05) is 0 Å². The molecule has 0 aromatic heterocycles. The first-order valence-corrected chi connectivity index (χ1v) is 35.7. The Hall–Kier alpha value is -2.82. The number of carbonyl (C=O) groups excluding carboxylic acids is 3. The van der Waals surface area contributed by atoms with Crippen LogP contribution in [0.3, 0.4) is 0 Å². The molecule has 0 aromatic carbocycles. The molecule has 2 N–H and O–H groups in total. The second-order valence-corrected chi connectivity index (χ2v) is 24.4. The smallest absolute Gasteiger partial charge is 0.462 e. The van der Waals surface area contributed by atoms with Crippen LogP contribution in [0.5, 0.6) is 0 Å². The maximum Gasteiger partial charge on any atom is 0.472 e. The Morgan fingerprint density at radius 2 is 0.634 bits per heavy atom. The van der Waals surface area contributed by atoms with Gasteiger partial charge < -0.3 is 24.2 Å². The summed E-state index contributed by atoms with van der Waals surface area (Å²) in [5.41, 5.74) is 0. The number of hydrogen-bond acceptors (Lipinski definition) is 10. The van der Waals surface area contributed by atoms with Crippen LogP contribution < -0.4 is 0 Å². The molecule has 3 atom stereocenters. The molecule has 0 aliphatic carbocycles. The van der Waals surface area contributed by atoms with Gasteiger partial charge in [0, 0.05) is 19.3 Å². The molecule has 0 heterocycles. The van der Waals surface area contributed by atoms with Crippen LogP contribution in [-0.4, -0.2) is 66.5 Å². The fourth-order valence-corrected chi connectivity index (χ4v) is 10.5. The summed E-state index contributed by atoms with van der Waals surface area (Å²) in [4.78, 5) is 48.9. The number of hydrogen-bond donors (Lipinski definition) is 2. The summed E-state index contributed by atoms with van der Waals surface area (Å²) in [6.45, 7) is 4.57. The Morgan fingerprint density at radius 1 is 0.354 bits per heavy atom. The van der Waals surface area contributed by atoms with Crippen LogP contribution in [0, 0.1) is 0 Å². The van der Waals surface area contributed by atoms with Crippen molar-refractivity contribution in [1.82, 2.24) is 0 Å². The van der Waals surface area contributed by atoms with Crippen molar-refractivity contribution in [3.8, 4) is 0 Å². The Bertz CT molecular complexity index is 1610. The van der Waals surface area contributed by atoms with E-state index in [2.05, 4.69) is 81.5 Å². The second kappa shape index (κ2) is 64.2. The standard InChI is InChI=1S/C70H127O11P/c1-4-7-10-13-16-19-22-25-28-31-33-36-38-41-44-47-50-53-56-59-68(72)77-63-67(81-70(74)61-58-55-52-49-46-43-40-37-34-32-29-26-23-20-17-14-11-8-5-2)65-79-82(75,76)78-64-66(62-71)80-69(73)60-57-54-51-48-45-42-39-35-30-27-24-21-18-15-12-9-6-3/h9,12,18,21,26-27,29-30,39,42,66-67,71H,4-8,10-11,13-17,19-20,22-25,28,31-38,40-41,43-65H2,1-3H3,(H,75,76)/b12-9-,21-18-,29-26-,30-27-,42-39-. The van der Waals surface area contributed by atoms with Crippen LogP contribution in [-0.2, 0) is 42.2 Å². The van der Waals surface area contributed by atoms with Crippen LogP contribution in [0.25, 0.3) is 0 Å². The highest BCUT2D eigenvalue weighted by atomic mass is 31.2. The van der Waals surface area contributed by atoms with E-state index in [0.29, 0.717) is 19.3 Å². The van der Waals surface area contributed by atoms with Gasteiger partial charge in [-0.25, -0.2) is 4.57 Å². The van der Waals surface area contributed by atoms with Crippen molar-refractivity contribution in [3.05, 3.63) is 60.8 Å². The second-order valence-electron chi connectivity index (χ2n) is 23.0. The zero-order valence-corrected chi connectivity index (χ0v) is 54.1. The molecule has 0 aliphatic rings. The van der Waals surface area contributed by atoms with Crippen LogP contribution in [0.2, 0.25) is 0 Å². The fraction of sp³-hybridized carbons (Fsp3) is 0.814. The summed E-state index contributed by atoms with van der Waals surface area (Å²) in [5.74, 6) is -1.47. The molecule has 0 saturated carbocycles. The molecule has 82 heavy (non-hydrogen) atoms. The molecule has 0 amide bonds. The van der Waals surface area contributed by atoms with Gasteiger partial charge >= 0.3 is 25.7 Å². The number of aliphatic hydroxyl groups excluding tert-OH is 1. The first-order chi connectivity index (χ1) is 40.2. The topological polar surface area (TPSA) is 155 Å². The number of allylic oxidation sites excluding steroid dienone is 10. The van der Waals surface area contributed by atoms with Crippen molar-refractivity contribution in [2.45, 2.75) is 341 Å². The number of carbonyl (C=O) groups is 3. The van der Waals surface area contributed by atoms with Crippen LogP contribution in [0.1, 0.15) is 329 Å². The van der Waals surface area contributed by atoms with Crippen LogP contribution >= 0.6 is 7.82 Å². The minimum absolute atomic E-state index is 0.150. The number of aliphatic hydroxyl groups is 1. The number of ether oxygens (including phenoxy) is 3. The maximum absolute atomic E-state index is 13.0. The van der Waals surface area contributed by atoms with E-state index in [9.17, 15) is 28.9 Å². The van der Waals surface area contributed by atoms with Crippen molar-refractivity contribution < 1.29 is 52.2 Å². The third kappa shape index (κ3) is 61.7. The van der Waals surface area contributed by atoms with Crippen molar-refractivity contribution in [3.63, 3.8) is 0 Å². The van der Waals surface area contributed by atoms with Crippen molar-refractivity contribution in [1.29, 1.82) is 0 Å². The summed E-state index contributed by atoms with van der Waals surface area (Å²) >= 11 is 0. The summed E-state index contributed by atoms with van der Waals surface area (Å²) in [5, 5.41) is 9.86. The molecule has 12 heteroatoms. The van der Waals surface area contributed by atoms with E-state index in [1.165, 1.54) is 180 Å². The minimum atomic E-state index is -4.76. The van der Waals surface area contributed by atoms with E-state index >= 15 is 0 Å². The van der Waals surface area contributed by atoms with E-state index in [0.717, 1.165) is 89.9 Å². The molecule has 0 aromatic rings. The average molecular weight is 1180 g/mol. The normalized spacial score (nSPS) is 13.6. The number of phosphoric acid groups is 1. The lowest BCUT2D eigenvalue weighted by Crippen LogP contribution is -2.30. The molecule has 0 saturated heterocycles. The predicted molar refractivity (Wildman–Crippen MR) is 344 cm³/mol. The number of phosphoric ester groups is 1. The van der Waals surface area contributed by atoms with Gasteiger partial charge in [0.25, 0.3) is 0 Å². The monoisotopic (exact) mass is 1170 g/mol. The molecule has 0 spiro atoms. The average Bonchev–Trinajstić information content (AvgIpc) is 3.49. The molecule has 0 bridgehead atoms. The molecule has 11 nitrogen and oxygen atoms in total. The Morgan fingerprint density at radius 3 is 0.988 bits per heavy atom. The fourth-order valence-electron chi connectivity index (χ4n) is 9.76. The van der Waals surface area contributed by atoms with E-state index in [4.69, 9.17) is 23.3 Å². The predicted octanol–water partition coefficient (Wildman–Crippen LogP) is 21.0. The van der Waals surface area contributed by atoms with E-state index in [-0.39, 0.29) is 25.9 Å². The quantitative estimate of drug-likeness (QED) is 0.0197. The first-order valence-electron chi connectivity index (χ1n) is 34.2. The van der Waals surface area contributed by atoms with Crippen LogP contribution in [0.15, 0.2) is 60.8 Å². The molecular formula is C70H127O11P. The van der Waals surface area contributed by atoms with Gasteiger partial charge in [-0.3, -0.25) is 23.4 Å². The molecule has 0 radical (unpaired) electrons. The van der Waals surface area contributed by atoms with E-state index < -0.39 is 57.8 Å². The Balaban J connectivity index is 4.68. The highest BCUT2D eigenvalue weighted by Gasteiger charge is 2.28. The Kier molecular flexibility index (Phi) is 62.0. The van der Waals surface area contributed by atoms with Gasteiger partial charge in [-0.2, -0.15) is 0 Å². The zero-order valence-electron chi connectivity index (χ0n) is 53.2. The summed E-state index contributed by atoms with van der Waals surface area (Å²) in [6.07, 6.45) is 73.1. The third-order valence-corrected chi connectivity index (χ3v) is 15.9. The highest BCUT2D eigenvalue weighted by molar-refractivity contribution is 7.47. The highest BCUT2D eigenvalue weighted by Crippen LogP contribution is 2.43. The SMILES string of the molecule is CC/C=C\C/C=C\C/C=C\C/C=C\CCCCCCC(=O)OC(CO)COP(=O)(O)OCC(COC(=O)CCCCCCCCCCCCCCCCCCCCC)OC(=O)CCCCCCCCCCC/C=C\CCCCCCCC. The molecule has 478 valence electrons. The molecule has 3 unspecified atom stereocenters. The van der Waals surface area contributed by atoms with Gasteiger partial charge in [-0.05, 0) is 83.5 Å². The first kappa shape index (κ1) is 79.2. The van der Waals surface area contributed by atoms with Crippen molar-refractivity contribution in [2.24, 2.45) is 0 Å². The van der Waals surface area contributed by atoms with Crippen molar-refractivity contribution >= 4 is 25.7 Å². The minimum Gasteiger partial charge on any atom is -0.462 e. The molecule has 0 fully saturated rings. The van der Waals surface area contributed by atoms with Gasteiger partial charge in [0.05, 0.1) is 19.8 Å². The van der Waals surface area contributed by atoms with Crippen LogP contribution in [0.4, 0.5) is 0 Å². The summed E-state index contributed by atoms with van der Waals surface area (Å²) < 4.78 is 39.8. The molecule has 0 rings (SSSR count). The van der Waals surface area contributed by atoms with Gasteiger partial charge in [0.15, 0.2) is 6.10 Å². The number of rotatable bonds is 64. The lowest BCUT2D eigenvalue weighted by atomic mass is 10.0. The summed E-state index contributed by atoms with van der Waals surface area (Å²) in [7, 11) is -4.76. The zero-order chi connectivity index (χ0) is 59.8. The Labute approximate surface area is 504 Å². The van der Waals surface area contributed by atoms with E-state index in [1.54, 1.807) is 0 Å². The van der Waals surface area contributed by atoms with Crippen molar-refractivity contribution in [2.75, 3.05) is 26.4 Å². The number of esters is 3. The molecular weight excluding hydrogens is 1050 g/mol. The third-order valence-electron chi connectivity index (χ3n) is 14.9. The maximum atomic E-state index is 13.0. The largest absolute Gasteiger partial charge is 0.472 e. The van der Waals surface area contributed by atoms with Gasteiger partial charge in [-0.1, -0.05) is 287 Å². The van der Waals surface area contributed by atoms with Gasteiger partial charge in [-0.15, -0.1) is 0 Å². The lowest BCUT2D eigenvalue weighted by Gasteiger charge is -2.21. The summed E-state index contributed by atoms with van der Waals surface area (Å²) in [6, 6.07) is 0. The lowest BCUT2D eigenvalue weighted by molar-refractivity contribution is -0.161. The number of unbranched alkanes of at least 4 members (excludes halogenated alkanes) is 37. The van der Waals surface area contributed by atoms with Gasteiger partial charge in [0.1, 0.15) is 12.7 Å².